The normalized spacial score (nSPS) is 12.5. The smallest absolute Gasteiger partial charge is 0.255 e. The van der Waals surface area contributed by atoms with Crippen molar-refractivity contribution in [2.24, 2.45) is 5.92 Å². The Hall–Kier alpha value is -1.22. The van der Waals surface area contributed by atoms with Crippen molar-refractivity contribution in [3.05, 3.63) is 29.3 Å². The van der Waals surface area contributed by atoms with Crippen LogP contribution < -0.4 is 5.32 Å². The van der Waals surface area contributed by atoms with E-state index in [1.807, 2.05) is 20.8 Å². The van der Waals surface area contributed by atoms with Crippen molar-refractivity contribution < 1.29 is 9.90 Å². The van der Waals surface area contributed by atoms with Gasteiger partial charge in [-0.05, 0) is 30.5 Å². The summed E-state index contributed by atoms with van der Waals surface area (Å²) >= 11 is 6.04. The van der Waals surface area contributed by atoms with Gasteiger partial charge in [-0.25, -0.2) is 0 Å². The van der Waals surface area contributed by atoms with Crippen LogP contribution in [-0.4, -0.2) is 22.9 Å². The average Bonchev–Trinajstić information content (AvgIpc) is 2.25. The Kier molecular flexibility index (Phi) is 4.82. The van der Waals surface area contributed by atoms with E-state index < -0.39 is 0 Å². The Morgan fingerprint density at radius 2 is 2.12 bits per heavy atom. The van der Waals surface area contributed by atoms with E-state index in [-0.39, 0.29) is 22.6 Å². The number of halogens is 1. The third-order valence-electron chi connectivity index (χ3n) is 2.58. The highest BCUT2D eigenvalue weighted by Gasteiger charge is 2.14. The van der Waals surface area contributed by atoms with Crippen molar-refractivity contribution in [3.8, 4) is 5.75 Å². The molecule has 0 fully saturated rings. The first kappa shape index (κ1) is 13.8. The van der Waals surface area contributed by atoms with Gasteiger partial charge in [0.15, 0.2) is 0 Å². The second-order valence-corrected chi connectivity index (χ2v) is 5.05. The van der Waals surface area contributed by atoms with Gasteiger partial charge in [0.2, 0.25) is 0 Å². The SMILES string of the molecule is Cc1ccc(C(=O)NCC(Cl)C(C)C)c(O)c1. The number of carbonyl (C=O) groups is 1. The van der Waals surface area contributed by atoms with E-state index in [2.05, 4.69) is 5.32 Å². The van der Waals surface area contributed by atoms with Gasteiger partial charge in [0, 0.05) is 6.54 Å². The van der Waals surface area contributed by atoms with E-state index in [0.29, 0.717) is 12.5 Å². The topological polar surface area (TPSA) is 49.3 Å². The number of hydrogen-bond donors (Lipinski definition) is 2. The summed E-state index contributed by atoms with van der Waals surface area (Å²) in [4.78, 5) is 11.8. The molecule has 0 aliphatic heterocycles. The molecule has 1 unspecified atom stereocenters. The van der Waals surface area contributed by atoms with E-state index in [0.717, 1.165) is 5.56 Å². The van der Waals surface area contributed by atoms with Gasteiger partial charge >= 0.3 is 0 Å². The summed E-state index contributed by atoms with van der Waals surface area (Å²) in [6.07, 6.45) is 0. The largest absolute Gasteiger partial charge is 0.507 e. The Labute approximate surface area is 107 Å². The molecule has 1 atom stereocenters. The first-order valence-corrected chi connectivity index (χ1v) is 6.07. The summed E-state index contributed by atoms with van der Waals surface area (Å²) < 4.78 is 0. The number of amides is 1. The van der Waals surface area contributed by atoms with E-state index in [1.165, 1.54) is 0 Å². The van der Waals surface area contributed by atoms with Gasteiger partial charge in [-0.1, -0.05) is 19.9 Å². The van der Waals surface area contributed by atoms with Crippen molar-refractivity contribution in [1.29, 1.82) is 0 Å². The van der Waals surface area contributed by atoms with Crippen LogP contribution in [0.5, 0.6) is 5.75 Å². The lowest BCUT2D eigenvalue weighted by molar-refractivity contribution is 0.0949. The number of rotatable bonds is 4. The van der Waals surface area contributed by atoms with Crippen molar-refractivity contribution in [2.45, 2.75) is 26.1 Å². The molecule has 0 heterocycles. The van der Waals surface area contributed by atoms with Gasteiger partial charge in [-0.3, -0.25) is 4.79 Å². The van der Waals surface area contributed by atoms with Crippen molar-refractivity contribution in [2.75, 3.05) is 6.54 Å². The third-order valence-corrected chi connectivity index (χ3v) is 3.24. The lowest BCUT2D eigenvalue weighted by Crippen LogP contribution is -2.32. The summed E-state index contributed by atoms with van der Waals surface area (Å²) in [5.74, 6) is -0.00412. The van der Waals surface area contributed by atoms with Gasteiger partial charge in [-0.15, -0.1) is 11.6 Å². The van der Waals surface area contributed by atoms with E-state index >= 15 is 0 Å². The highest BCUT2D eigenvalue weighted by molar-refractivity contribution is 6.21. The molecule has 17 heavy (non-hydrogen) atoms. The van der Waals surface area contributed by atoms with Crippen LogP contribution in [0.15, 0.2) is 18.2 Å². The zero-order valence-electron chi connectivity index (χ0n) is 10.3. The minimum Gasteiger partial charge on any atom is -0.507 e. The van der Waals surface area contributed by atoms with Crippen molar-refractivity contribution >= 4 is 17.5 Å². The summed E-state index contributed by atoms with van der Waals surface area (Å²) in [7, 11) is 0. The maximum atomic E-state index is 11.8. The third kappa shape index (κ3) is 3.93. The minimum atomic E-state index is -0.297. The molecule has 4 heteroatoms. The number of aromatic hydroxyl groups is 1. The van der Waals surface area contributed by atoms with Crippen molar-refractivity contribution in [3.63, 3.8) is 0 Å². The second kappa shape index (κ2) is 5.92. The van der Waals surface area contributed by atoms with Crippen molar-refractivity contribution in [1.82, 2.24) is 5.32 Å². The number of aryl methyl sites for hydroxylation is 1. The Morgan fingerprint density at radius 3 is 2.65 bits per heavy atom. The molecule has 3 nitrogen and oxygen atoms in total. The molecule has 0 aliphatic carbocycles. The Balaban J connectivity index is 2.64. The zero-order valence-corrected chi connectivity index (χ0v) is 11.1. The van der Waals surface area contributed by atoms with Gasteiger partial charge in [0.05, 0.1) is 10.9 Å². The number of phenols is 1. The molecule has 0 aliphatic rings. The summed E-state index contributed by atoms with van der Waals surface area (Å²) in [6, 6.07) is 4.96. The number of benzene rings is 1. The Morgan fingerprint density at radius 1 is 1.47 bits per heavy atom. The number of carbonyl (C=O) groups excluding carboxylic acids is 1. The first-order chi connectivity index (χ1) is 7.91. The maximum absolute atomic E-state index is 11.8. The van der Waals surface area contributed by atoms with Gasteiger partial charge in [-0.2, -0.15) is 0 Å². The molecule has 0 saturated carbocycles. The second-order valence-electron chi connectivity index (χ2n) is 4.49. The number of hydrogen-bond acceptors (Lipinski definition) is 2. The van der Waals surface area contributed by atoms with E-state index in [4.69, 9.17) is 11.6 Å². The molecule has 1 amide bonds. The molecule has 1 aromatic rings. The van der Waals surface area contributed by atoms with Gasteiger partial charge in [0.25, 0.3) is 5.91 Å². The predicted molar refractivity (Wildman–Crippen MR) is 69.7 cm³/mol. The summed E-state index contributed by atoms with van der Waals surface area (Å²) in [5, 5.41) is 12.2. The lowest BCUT2D eigenvalue weighted by atomic mass is 10.1. The molecule has 0 bridgehead atoms. The molecule has 1 aromatic carbocycles. The van der Waals surface area contributed by atoms with Crippen LogP contribution in [0.25, 0.3) is 0 Å². The van der Waals surface area contributed by atoms with Crippen LogP contribution >= 0.6 is 11.6 Å². The highest BCUT2D eigenvalue weighted by Crippen LogP contribution is 2.18. The summed E-state index contributed by atoms with van der Waals surface area (Å²) in [5.41, 5.74) is 1.19. The van der Waals surface area contributed by atoms with E-state index in [1.54, 1.807) is 18.2 Å². The standard InChI is InChI=1S/C13H18ClNO2/c1-8(2)11(14)7-15-13(17)10-5-4-9(3)6-12(10)16/h4-6,8,11,16H,7H2,1-3H3,(H,15,17). The molecule has 2 N–H and O–H groups in total. The predicted octanol–water partition coefficient (Wildman–Crippen LogP) is 2.69. The quantitative estimate of drug-likeness (QED) is 0.813. The molecule has 1 rings (SSSR count). The minimum absolute atomic E-state index is 0.00170. The van der Waals surface area contributed by atoms with Crippen LogP contribution in [0, 0.1) is 12.8 Å². The van der Waals surface area contributed by atoms with Crippen LogP contribution in [0.3, 0.4) is 0 Å². The summed E-state index contributed by atoms with van der Waals surface area (Å²) in [6.45, 7) is 6.24. The van der Waals surface area contributed by atoms with Crippen LogP contribution in [-0.2, 0) is 0 Å². The Bertz CT molecular complexity index is 404. The van der Waals surface area contributed by atoms with Gasteiger partial charge in [0.1, 0.15) is 5.75 Å². The van der Waals surface area contributed by atoms with Gasteiger partial charge < -0.3 is 10.4 Å². The fraction of sp³-hybridized carbons (Fsp3) is 0.462. The maximum Gasteiger partial charge on any atom is 0.255 e. The van der Waals surface area contributed by atoms with E-state index in [9.17, 15) is 9.90 Å². The van der Waals surface area contributed by atoms with Crippen LogP contribution in [0.2, 0.25) is 0 Å². The van der Waals surface area contributed by atoms with Crippen LogP contribution in [0.1, 0.15) is 29.8 Å². The first-order valence-electron chi connectivity index (χ1n) is 5.63. The monoisotopic (exact) mass is 255 g/mol. The molecule has 0 spiro atoms. The molecule has 94 valence electrons. The highest BCUT2D eigenvalue weighted by atomic mass is 35.5. The molecular formula is C13H18ClNO2. The lowest BCUT2D eigenvalue weighted by Gasteiger charge is -2.14. The van der Waals surface area contributed by atoms with Crippen LogP contribution in [0.4, 0.5) is 0 Å². The molecule has 0 radical (unpaired) electrons. The number of nitrogens with one attached hydrogen (secondary N) is 1. The molecule has 0 aromatic heterocycles. The molecular weight excluding hydrogens is 238 g/mol. The zero-order chi connectivity index (χ0) is 13.0. The fourth-order valence-electron chi connectivity index (χ4n) is 1.35. The average molecular weight is 256 g/mol. The molecule has 0 saturated heterocycles. The number of alkyl halides is 1. The number of phenolic OH excluding ortho intramolecular Hbond substituents is 1. The fourth-order valence-corrected chi connectivity index (χ4v) is 1.43.